The number of aryl methyl sites for hydroxylation is 1. The average Bonchev–Trinajstić information content (AvgIpc) is 2.88. The van der Waals surface area contributed by atoms with E-state index in [1.165, 1.54) is 5.69 Å². The Balaban J connectivity index is 1.80. The van der Waals surface area contributed by atoms with E-state index < -0.39 is 0 Å². The molecular weight excluding hydrogens is 202 g/mol. The Hall–Kier alpha value is -1.55. The lowest BCUT2D eigenvalue weighted by Crippen LogP contribution is -2.23. The van der Waals surface area contributed by atoms with Crippen molar-refractivity contribution < 1.29 is 4.42 Å². The zero-order valence-electron chi connectivity index (χ0n) is 9.68. The van der Waals surface area contributed by atoms with Crippen molar-refractivity contribution in [1.29, 1.82) is 0 Å². The molecule has 1 unspecified atom stereocenters. The molecule has 1 atom stereocenters. The van der Waals surface area contributed by atoms with E-state index in [-0.39, 0.29) is 0 Å². The molecule has 1 N–H and O–H groups in total. The Bertz CT molecular complexity index is 419. The summed E-state index contributed by atoms with van der Waals surface area (Å²) in [6.45, 7) is 3.04. The third-order valence-electron chi connectivity index (χ3n) is 2.70. The van der Waals surface area contributed by atoms with Crippen molar-refractivity contribution in [3.63, 3.8) is 0 Å². The van der Waals surface area contributed by atoms with Gasteiger partial charge in [-0.2, -0.15) is 5.10 Å². The summed E-state index contributed by atoms with van der Waals surface area (Å²) in [5.74, 6) is 1.02. The monoisotopic (exact) mass is 219 g/mol. The Kier molecular flexibility index (Phi) is 3.41. The number of furan rings is 1. The van der Waals surface area contributed by atoms with Crippen LogP contribution in [0.4, 0.5) is 0 Å². The van der Waals surface area contributed by atoms with Gasteiger partial charge in [0.05, 0.1) is 12.0 Å². The highest BCUT2D eigenvalue weighted by Gasteiger charge is 2.08. The fraction of sp³-hybridized carbons (Fsp3) is 0.417. The lowest BCUT2D eigenvalue weighted by molar-refractivity contribution is 0.477. The first-order valence-electron chi connectivity index (χ1n) is 5.51. The first kappa shape index (κ1) is 11.0. The summed E-state index contributed by atoms with van der Waals surface area (Å²) in [6, 6.07) is 6.25. The van der Waals surface area contributed by atoms with E-state index in [4.69, 9.17) is 4.42 Å². The molecule has 0 aromatic carbocycles. The van der Waals surface area contributed by atoms with Gasteiger partial charge in [-0.3, -0.25) is 4.68 Å². The molecule has 2 heterocycles. The average molecular weight is 219 g/mol. The van der Waals surface area contributed by atoms with Crippen LogP contribution >= 0.6 is 0 Å². The van der Waals surface area contributed by atoms with Crippen molar-refractivity contribution in [3.05, 3.63) is 42.1 Å². The Morgan fingerprint density at radius 1 is 1.50 bits per heavy atom. The Morgan fingerprint density at radius 2 is 2.38 bits per heavy atom. The third kappa shape index (κ3) is 2.52. The summed E-state index contributed by atoms with van der Waals surface area (Å²) in [6.07, 6.45) is 4.44. The third-order valence-corrected chi connectivity index (χ3v) is 2.70. The predicted molar refractivity (Wildman–Crippen MR) is 62.0 cm³/mol. The van der Waals surface area contributed by atoms with Gasteiger partial charge in [0.25, 0.3) is 0 Å². The molecular formula is C12H17N3O. The van der Waals surface area contributed by atoms with Gasteiger partial charge in [-0.25, -0.2) is 0 Å². The highest BCUT2D eigenvalue weighted by atomic mass is 16.3. The fourth-order valence-corrected chi connectivity index (χ4v) is 1.78. The smallest absolute Gasteiger partial charge is 0.105 e. The molecule has 16 heavy (non-hydrogen) atoms. The lowest BCUT2D eigenvalue weighted by Gasteiger charge is -2.13. The van der Waals surface area contributed by atoms with Gasteiger partial charge in [0.1, 0.15) is 5.76 Å². The van der Waals surface area contributed by atoms with Crippen LogP contribution in [-0.4, -0.2) is 16.3 Å². The van der Waals surface area contributed by atoms with Crippen LogP contribution in [-0.2, 0) is 13.5 Å². The molecule has 0 radical (unpaired) electrons. The van der Waals surface area contributed by atoms with Gasteiger partial charge in [-0.15, -0.1) is 0 Å². The predicted octanol–water partition coefficient (Wildman–Crippen LogP) is 1.91. The van der Waals surface area contributed by atoms with E-state index >= 15 is 0 Å². The number of nitrogens with one attached hydrogen (secondary N) is 1. The van der Waals surface area contributed by atoms with E-state index in [2.05, 4.69) is 17.3 Å². The van der Waals surface area contributed by atoms with E-state index in [9.17, 15) is 0 Å². The molecule has 0 bridgehead atoms. The van der Waals surface area contributed by atoms with Crippen molar-refractivity contribution in [2.24, 2.45) is 7.05 Å². The van der Waals surface area contributed by atoms with Crippen LogP contribution in [0.15, 0.2) is 35.1 Å². The lowest BCUT2D eigenvalue weighted by atomic mass is 10.2. The van der Waals surface area contributed by atoms with E-state index in [0.29, 0.717) is 6.04 Å². The minimum absolute atomic E-state index is 0.308. The second kappa shape index (κ2) is 4.99. The maximum absolute atomic E-state index is 5.27. The van der Waals surface area contributed by atoms with E-state index in [1.54, 1.807) is 6.26 Å². The Morgan fingerprint density at radius 3 is 3.00 bits per heavy atom. The number of hydrogen-bond acceptors (Lipinski definition) is 3. The van der Waals surface area contributed by atoms with E-state index in [0.717, 1.165) is 18.7 Å². The van der Waals surface area contributed by atoms with Crippen LogP contribution in [0.2, 0.25) is 0 Å². The molecule has 0 spiro atoms. The van der Waals surface area contributed by atoms with Crippen LogP contribution in [0, 0.1) is 0 Å². The maximum Gasteiger partial charge on any atom is 0.105 e. The van der Waals surface area contributed by atoms with Crippen LogP contribution in [0.5, 0.6) is 0 Å². The summed E-state index contributed by atoms with van der Waals surface area (Å²) >= 11 is 0. The summed E-state index contributed by atoms with van der Waals surface area (Å²) in [7, 11) is 1.96. The molecule has 86 valence electrons. The van der Waals surface area contributed by atoms with Gasteiger partial charge in [-0.1, -0.05) is 0 Å². The minimum atomic E-state index is 0.308. The molecule has 4 heteroatoms. The van der Waals surface area contributed by atoms with Crippen molar-refractivity contribution >= 4 is 0 Å². The van der Waals surface area contributed by atoms with Crippen molar-refractivity contribution in [2.75, 3.05) is 6.54 Å². The van der Waals surface area contributed by atoms with Gasteiger partial charge in [0.15, 0.2) is 0 Å². The fourth-order valence-electron chi connectivity index (χ4n) is 1.78. The maximum atomic E-state index is 5.27. The largest absolute Gasteiger partial charge is 0.469 e. The number of aromatic nitrogens is 2. The highest BCUT2D eigenvalue weighted by molar-refractivity contribution is 5.05. The quantitative estimate of drug-likeness (QED) is 0.835. The number of rotatable bonds is 5. The summed E-state index contributed by atoms with van der Waals surface area (Å²) < 4.78 is 7.17. The molecule has 0 saturated heterocycles. The normalized spacial score (nSPS) is 12.9. The first-order chi connectivity index (χ1) is 7.77. The van der Waals surface area contributed by atoms with Crippen molar-refractivity contribution in [2.45, 2.75) is 19.4 Å². The van der Waals surface area contributed by atoms with Crippen LogP contribution < -0.4 is 5.32 Å². The van der Waals surface area contributed by atoms with E-state index in [1.807, 2.05) is 36.1 Å². The molecule has 0 aliphatic rings. The topological polar surface area (TPSA) is 43.0 Å². The SMILES string of the molecule is CC(NCCc1ccco1)c1ccnn1C. The van der Waals surface area contributed by atoms with Crippen LogP contribution in [0.25, 0.3) is 0 Å². The highest BCUT2D eigenvalue weighted by Crippen LogP contribution is 2.10. The number of hydrogen-bond donors (Lipinski definition) is 1. The molecule has 0 saturated carbocycles. The molecule has 0 aliphatic heterocycles. The van der Waals surface area contributed by atoms with Gasteiger partial charge < -0.3 is 9.73 Å². The molecule has 2 aromatic rings. The second-order valence-electron chi connectivity index (χ2n) is 3.88. The van der Waals surface area contributed by atoms with Gasteiger partial charge in [0, 0.05) is 32.3 Å². The zero-order chi connectivity index (χ0) is 11.4. The van der Waals surface area contributed by atoms with Gasteiger partial charge >= 0.3 is 0 Å². The molecule has 2 aromatic heterocycles. The Labute approximate surface area is 95.3 Å². The van der Waals surface area contributed by atoms with Crippen LogP contribution in [0.3, 0.4) is 0 Å². The molecule has 0 aliphatic carbocycles. The van der Waals surface area contributed by atoms with Crippen LogP contribution in [0.1, 0.15) is 24.4 Å². The van der Waals surface area contributed by atoms with Gasteiger partial charge in [0.2, 0.25) is 0 Å². The van der Waals surface area contributed by atoms with Crippen molar-refractivity contribution in [1.82, 2.24) is 15.1 Å². The second-order valence-corrected chi connectivity index (χ2v) is 3.88. The molecule has 0 fully saturated rings. The summed E-state index contributed by atoms with van der Waals surface area (Å²) in [4.78, 5) is 0. The molecule has 0 amide bonds. The summed E-state index contributed by atoms with van der Waals surface area (Å²) in [5.41, 5.74) is 1.19. The molecule has 2 rings (SSSR count). The minimum Gasteiger partial charge on any atom is -0.469 e. The first-order valence-corrected chi connectivity index (χ1v) is 5.51. The summed E-state index contributed by atoms with van der Waals surface area (Å²) in [5, 5.41) is 7.60. The van der Waals surface area contributed by atoms with Crippen molar-refractivity contribution in [3.8, 4) is 0 Å². The molecule has 4 nitrogen and oxygen atoms in total. The number of nitrogens with zero attached hydrogens (tertiary/aromatic N) is 2. The zero-order valence-corrected chi connectivity index (χ0v) is 9.68. The standard InChI is InChI=1S/C12H17N3O/c1-10(12-6-8-14-15(12)2)13-7-5-11-4-3-9-16-11/h3-4,6,8-10,13H,5,7H2,1-2H3. The van der Waals surface area contributed by atoms with Gasteiger partial charge in [-0.05, 0) is 25.1 Å².